The van der Waals surface area contributed by atoms with Crippen molar-refractivity contribution in [1.82, 2.24) is 9.78 Å². The lowest BCUT2D eigenvalue weighted by molar-refractivity contribution is -0.141. The lowest BCUT2D eigenvalue weighted by Crippen LogP contribution is -2.22. The van der Waals surface area contributed by atoms with Crippen molar-refractivity contribution < 1.29 is 32.2 Å². The van der Waals surface area contributed by atoms with Crippen LogP contribution in [0.5, 0.6) is 5.75 Å². The minimum atomic E-state index is -4.92. The van der Waals surface area contributed by atoms with Crippen LogP contribution in [-0.4, -0.2) is 33.9 Å². The summed E-state index contributed by atoms with van der Waals surface area (Å²) in [6, 6.07) is 6.36. The number of ketones is 1. The highest BCUT2D eigenvalue weighted by molar-refractivity contribution is 6.05. The predicted octanol–water partition coefficient (Wildman–Crippen LogP) is 2.53. The average molecular weight is 344 g/mol. The third-order valence-corrected chi connectivity index (χ3v) is 3.81. The predicted molar refractivity (Wildman–Crippen MR) is 73.5 cm³/mol. The molecular formula is C15H12F4N2O3. The third kappa shape index (κ3) is 2.54. The Balaban J connectivity index is 2.06. The van der Waals surface area contributed by atoms with E-state index in [1.54, 1.807) is 24.3 Å². The summed E-state index contributed by atoms with van der Waals surface area (Å²) >= 11 is 0. The van der Waals surface area contributed by atoms with Gasteiger partial charge in [0.2, 0.25) is 0 Å². The number of Topliss-reactive ketones (excluding diaryl/α,β-unsaturated/α-hetero) is 1. The van der Waals surface area contributed by atoms with E-state index in [9.17, 15) is 27.5 Å². The van der Waals surface area contributed by atoms with E-state index in [0.29, 0.717) is 11.3 Å². The van der Waals surface area contributed by atoms with Crippen molar-refractivity contribution in [1.29, 1.82) is 0 Å². The Morgan fingerprint density at radius 2 is 1.92 bits per heavy atom. The first kappa shape index (κ1) is 16.4. The fourth-order valence-corrected chi connectivity index (χ4v) is 2.65. The number of halogens is 4. The Bertz CT molecular complexity index is 783. The van der Waals surface area contributed by atoms with Crippen LogP contribution in [0.15, 0.2) is 24.3 Å². The normalized spacial score (nSPS) is 20.3. The highest BCUT2D eigenvalue weighted by atomic mass is 19.4. The minimum absolute atomic E-state index is 0.178. The molecule has 0 saturated carbocycles. The molecule has 0 fully saturated rings. The van der Waals surface area contributed by atoms with E-state index < -0.39 is 41.2 Å². The zero-order chi connectivity index (χ0) is 17.6. The molecule has 1 aliphatic carbocycles. The Kier molecular flexibility index (Phi) is 3.83. The summed E-state index contributed by atoms with van der Waals surface area (Å²) in [6.45, 7) is -0.178. The molecule has 1 heterocycles. The van der Waals surface area contributed by atoms with Crippen LogP contribution < -0.4 is 4.74 Å². The quantitative estimate of drug-likeness (QED) is 0.869. The maximum Gasteiger partial charge on any atom is 0.435 e. The molecule has 1 aromatic carbocycles. The van der Waals surface area contributed by atoms with Crippen LogP contribution in [-0.2, 0) is 12.7 Å². The van der Waals surface area contributed by atoms with E-state index in [1.807, 2.05) is 0 Å². The van der Waals surface area contributed by atoms with Gasteiger partial charge in [-0.3, -0.25) is 9.48 Å². The van der Waals surface area contributed by atoms with Crippen molar-refractivity contribution in [2.75, 3.05) is 7.11 Å². The summed E-state index contributed by atoms with van der Waals surface area (Å²) in [4.78, 5) is 11.8. The number of benzene rings is 1. The molecule has 2 atom stereocenters. The SMILES string of the molecule is COc1ccc(Cn2nc(C(F)(F)F)c3c2C(F)C(O)C3=O)cc1. The third-order valence-electron chi connectivity index (χ3n) is 3.81. The highest BCUT2D eigenvalue weighted by Crippen LogP contribution is 2.42. The number of fused-ring (bicyclic) bond motifs is 1. The number of methoxy groups -OCH3 is 1. The van der Waals surface area contributed by atoms with Crippen molar-refractivity contribution in [3.8, 4) is 5.75 Å². The lowest BCUT2D eigenvalue weighted by atomic mass is 10.1. The zero-order valence-corrected chi connectivity index (χ0v) is 12.3. The van der Waals surface area contributed by atoms with Crippen LogP contribution >= 0.6 is 0 Å². The second-order valence-corrected chi connectivity index (χ2v) is 5.32. The van der Waals surface area contributed by atoms with Gasteiger partial charge in [0.15, 0.2) is 23.8 Å². The summed E-state index contributed by atoms with van der Waals surface area (Å²) < 4.78 is 59.1. The van der Waals surface area contributed by atoms with Gasteiger partial charge in [-0.15, -0.1) is 0 Å². The van der Waals surface area contributed by atoms with Gasteiger partial charge in [-0.05, 0) is 17.7 Å². The molecule has 5 nitrogen and oxygen atoms in total. The molecule has 1 aromatic heterocycles. The molecule has 24 heavy (non-hydrogen) atoms. The van der Waals surface area contributed by atoms with E-state index in [2.05, 4.69) is 5.10 Å². The molecule has 0 saturated heterocycles. The van der Waals surface area contributed by atoms with Gasteiger partial charge in [-0.25, -0.2) is 4.39 Å². The molecule has 1 N–H and O–H groups in total. The molecule has 2 unspecified atom stereocenters. The summed E-state index contributed by atoms with van der Waals surface area (Å²) in [6.07, 6.45) is -9.30. The van der Waals surface area contributed by atoms with E-state index in [-0.39, 0.29) is 6.54 Å². The summed E-state index contributed by atoms with van der Waals surface area (Å²) in [5.41, 5.74) is -2.38. The smallest absolute Gasteiger partial charge is 0.435 e. The molecule has 0 amide bonds. The van der Waals surface area contributed by atoms with Gasteiger partial charge in [0.1, 0.15) is 5.75 Å². The maximum atomic E-state index is 14.1. The molecule has 0 bridgehead atoms. The molecule has 0 aliphatic heterocycles. The first-order valence-electron chi connectivity index (χ1n) is 6.91. The van der Waals surface area contributed by atoms with Gasteiger partial charge in [0, 0.05) is 0 Å². The molecular weight excluding hydrogens is 332 g/mol. The maximum absolute atomic E-state index is 14.1. The van der Waals surface area contributed by atoms with Gasteiger partial charge >= 0.3 is 6.18 Å². The zero-order valence-electron chi connectivity index (χ0n) is 12.3. The Labute approximate surface area is 133 Å². The summed E-state index contributed by atoms with van der Waals surface area (Å²) in [7, 11) is 1.46. The molecule has 3 rings (SSSR count). The number of aliphatic hydroxyl groups is 1. The van der Waals surface area contributed by atoms with Crippen molar-refractivity contribution in [2.45, 2.75) is 25.0 Å². The standard InChI is InChI=1S/C15H12F4N2O3/c1-24-8-4-2-7(3-5-8)6-21-11-9(12(22)13(23)10(11)16)14(20-21)15(17,18)19/h2-5,10,13,23H,6H2,1H3. The van der Waals surface area contributed by atoms with Gasteiger partial charge in [-0.1, -0.05) is 12.1 Å². The number of rotatable bonds is 3. The highest BCUT2D eigenvalue weighted by Gasteiger charge is 2.50. The second-order valence-electron chi connectivity index (χ2n) is 5.32. The number of aromatic nitrogens is 2. The number of ether oxygens (including phenoxy) is 1. The van der Waals surface area contributed by atoms with E-state index in [4.69, 9.17) is 4.74 Å². The molecule has 2 aromatic rings. The molecule has 128 valence electrons. The first-order chi connectivity index (χ1) is 11.2. The van der Waals surface area contributed by atoms with E-state index in [0.717, 1.165) is 4.68 Å². The Morgan fingerprint density at radius 1 is 1.29 bits per heavy atom. The second kappa shape index (κ2) is 5.59. The van der Waals surface area contributed by atoms with Crippen molar-refractivity contribution in [3.05, 3.63) is 46.8 Å². The van der Waals surface area contributed by atoms with Gasteiger partial charge in [0.25, 0.3) is 0 Å². The Hall–Kier alpha value is -2.42. The van der Waals surface area contributed by atoms with Crippen LogP contribution in [0.1, 0.15) is 33.5 Å². The summed E-state index contributed by atoms with van der Waals surface area (Å²) in [5, 5.41) is 12.8. The van der Waals surface area contributed by atoms with Crippen molar-refractivity contribution in [3.63, 3.8) is 0 Å². The number of carbonyl (C=O) groups excluding carboxylic acids is 1. The van der Waals surface area contributed by atoms with Gasteiger partial charge in [-0.2, -0.15) is 18.3 Å². The van der Waals surface area contributed by atoms with Crippen LogP contribution in [0.25, 0.3) is 0 Å². The van der Waals surface area contributed by atoms with Crippen molar-refractivity contribution in [2.24, 2.45) is 0 Å². The van der Waals surface area contributed by atoms with Crippen molar-refractivity contribution >= 4 is 5.78 Å². The van der Waals surface area contributed by atoms with Gasteiger partial charge in [0.05, 0.1) is 24.9 Å². The number of hydrogen-bond donors (Lipinski definition) is 1. The number of carbonyl (C=O) groups is 1. The first-order valence-corrected chi connectivity index (χ1v) is 6.91. The fourth-order valence-electron chi connectivity index (χ4n) is 2.65. The van der Waals surface area contributed by atoms with Crippen LogP contribution in [0.2, 0.25) is 0 Å². The van der Waals surface area contributed by atoms with Crippen LogP contribution in [0, 0.1) is 0 Å². The number of nitrogens with zero attached hydrogens (tertiary/aromatic N) is 2. The number of alkyl halides is 4. The van der Waals surface area contributed by atoms with E-state index >= 15 is 0 Å². The monoisotopic (exact) mass is 344 g/mol. The fraction of sp³-hybridized carbons (Fsp3) is 0.333. The largest absolute Gasteiger partial charge is 0.497 e. The minimum Gasteiger partial charge on any atom is -0.497 e. The number of hydrogen-bond acceptors (Lipinski definition) is 4. The summed E-state index contributed by atoms with van der Waals surface area (Å²) in [5.74, 6) is -0.750. The van der Waals surface area contributed by atoms with Gasteiger partial charge < -0.3 is 9.84 Å². The molecule has 0 radical (unpaired) electrons. The Morgan fingerprint density at radius 3 is 2.46 bits per heavy atom. The van der Waals surface area contributed by atoms with Crippen LogP contribution in [0.3, 0.4) is 0 Å². The molecule has 1 aliphatic rings. The molecule has 0 spiro atoms. The van der Waals surface area contributed by atoms with Crippen LogP contribution in [0.4, 0.5) is 17.6 Å². The molecule has 9 heteroatoms. The van der Waals surface area contributed by atoms with E-state index in [1.165, 1.54) is 7.11 Å². The number of aliphatic hydroxyl groups excluding tert-OH is 1. The average Bonchev–Trinajstić information content (AvgIpc) is 3.01. The lowest BCUT2D eigenvalue weighted by Gasteiger charge is -2.11. The topological polar surface area (TPSA) is 64.3 Å².